The quantitative estimate of drug-likeness (QED) is 0.146. The van der Waals surface area contributed by atoms with Gasteiger partial charge in [-0.15, -0.1) is 0 Å². The Morgan fingerprint density at radius 3 is 2.38 bits per heavy atom. The van der Waals surface area contributed by atoms with Gasteiger partial charge in [0, 0.05) is 21.8 Å². The third-order valence-corrected chi connectivity index (χ3v) is 5.64. The number of halogens is 1. The summed E-state index contributed by atoms with van der Waals surface area (Å²) in [5.41, 5.74) is 1.36. The van der Waals surface area contributed by atoms with Crippen molar-refractivity contribution in [3.8, 4) is 11.5 Å². The number of amides is 2. The summed E-state index contributed by atoms with van der Waals surface area (Å²) in [7, 11) is 0. The third-order valence-electron chi connectivity index (χ3n) is 5.40. The summed E-state index contributed by atoms with van der Waals surface area (Å²) in [5, 5.41) is 29.7. The first-order chi connectivity index (χ1) is 16.1. The minimum absolute atomic E-state index is 0.00852. The maximum absolute atomic E-state index is 13.6. The van der Waals surface area contributed by atoms with Crippen LogP contribution in [0.2, 0.25) is 5.02 Å². The van der Waals surface area contributed by atoms with Crippen molar-refractivity contribution in [1.82, 2.24) is 5.01 Å². The van der Waals surface area contributed by atoms with E-state index in [9.17, 15) is 29.7 Å². The number of allylic oxidation sites excluding steroid dienone is 1. The first kappa shape index (κ1) is 22.8. The van der Waals surface area contributed by atoms with Crippen LogP contribution < -0.4 is 10.7 Å². The van der Waals surface area contributed by atoms with E-state index in [2.05, 4.69) is 0 Å². The Morgan fingerprint density at radius 1 is 0.971 bits per heavy atom. The molecule has 1 aliphatic rings. The maximum atomic E-state index is 13.6. The van der Waals surface area contributed by atoms with Crippen LogP contribution in [0.25, 0.3) is 5.57 Å². The third kappa shape index (κ3) is 3.83. The molecule has 34 heavy (non-hydrogen) atoms. The Hall–Kier alpha value is -4.34. The Morgan fingerprint density at radius 2 is 1.71 bits per heavy atom. The average molecular weight is 480 g/mol. The number of hydrazine groups is 1. The van der Waals surface area contributed by atoms with Crippen molar-refractivity contribution in [2.45, 2.75) is 6.92 Å². The van der Waals surface area contributed by atoms with Crippen LogP contribution in [-0.4, -0.2) is 38.1 Å². The van der Waals surface area contributed by atoms with Crippen LogP contribution in [0, 0.1) is 0 Å². The Labute approximate surface area is 198 Å². The van der Waals surface area contributed by atoms with Gasteiger partial charge in [-0.25, -0.2) is 15.6 Å². The van der Waals surface area contributed by atoms with Gasteiger partial charge in [0.05, 0.1) is 22.5 Å². The summed E-state index contributed by atoms with van der Waals surface area (Å²) < 4.78 is 0. The molecule has 172 valence electrons. The van der Waals surface area contributed by atoms with Crippen molar-refractivity contribution in [3.05, 3.63) is 88.1 Å². The molecule has 0 aromatic heterocycles. The number of hydrogen-bond acceptors (Lipinski definition) is 6. The molecule has 4 rings (SSSR count). The van der Waals surface area contributed by atoms with E-state index >= 15 is 0 Å². The van der Waals surface area contributed by atoms with E-state index in [0.29, 0.717) is 22.0 Å². The molecular weight excluding hydrogens is 462 g/mol. The zero-order valence-electron chi connectivity index (χ0n) is 17.7. The van der Waals surface area contributed by atoms with Gasteiger partial charge in [-0.3, -0.25) is 14.5 Å². The number of carbonyl (C=O) groups is 3. The van der Waals surface area contributed by atoms with E-state index in [1.165, 1.54) is 36.1 Å². The molecule has 0 saturated carbocycles. The summed E-state index contributed by atoms with van der Waals surface area (Å²) in [4.78, 5) is 39.2. The molecule has 0 fully saturated rings. The molecule has 0 atom stereocenters. The highest BCUT2D eigenvalue weighted by molar-refractivity contribution is 6.37. The summed E-state index contributed by atoms with van der Waals surface area (Å²) in [6, 6.07) is 14.1. The molecule has 0 saturated heterocycles. The number of carboxylic acids is 1. The number of nitrogens with two attached hydrogens (primary N) is 1. The highest BCUT2D eigenvalue weighted by Crippen LogP contribution is 2.44. The number of nitrogens with zero attached hydrogens (tertiary/aromatic N) is 2. The van der Waals surface area contributed by atoms with Gasteiger partial charge in [-0.1, -0.05) is 23.7 Å². The molecule has 1 heterocycles. The number of carboxylic acid groups (broad SMARTS) is 1. The maximum Gasteiger partial charge on any atom is 0.335 e. The van der Waals surface area contributed by atoms with Gasteiger partial charge >= 0.3 is 5.97 Å². The zero-order valence-corrected chi connectivity index (χ0v) is 18.4. The molecule has 9 nitrogen and oxygen atoms in total. The lowest BCUT2D eigenvalue weighted by Gasteiger charge is -2.20. The fourth-order valence-electron chi connectivity index (χ4n) is 3.69. The molecule has 0 spiro atoms. The second kappa shape index (κ2) is 8.54. The summed E-state index contributed by atoms with van der Waals surface area (Å²) in [5.74, 6) is 2.76. The molecule has 5 N–H and O–H groups in total. The summed E-state index contributed by atoms with van der Waals surface area (Å²) in [6.07, 6.45) is 0. The van der Waals surface area contributed by atoms with Gasteiger partial charge in [0.1, 0.15) is 0 Å². The Bertz CT molecular complexity index is 1400. The number of hydrogen-bond donors (Lipinski definition) is 4. The number of rotatable bonds is 4. The molecule has 0 radical (unpaired) electrons. The van der Waals surface area contributed by atoms with Crippen molar-refractivity contribution in [2.24, 2.45) is 5.84 Å². The van der Waals surface area contributed by atoms with E-state index in [1.807, 2.05) is 0 Å². The number of phenols is 2. The lowest BCUT2D eigenvalue weighted by molar-refractivity contribution is -0.112. The molecule has 10 heteroatoms. The van der Waals surface area contributed by atoms with Crippen molar-refractivity contribution in [2.75, 3.05) is 4.90 Å². The van der Waals surface area contributed by atoms with Gasteiger partial charge in [-0.05, 0) is 55.5 Å². The van der Waals surface area contributed by atoms with Gasteiger partial charge in [0.15, 0.2) is 11.5 Å². The number of fused-ring (bicyclic) bond motifs is 1. The molecular formula is C24H18ClN3O6. The topological polar surface area (TPSA) is 144 Å². The van der Waals surface area contributed by atoms with Crippen molar-refractivity contribution >= 4 is 46.3 Å². The van der Waals surface area contributed by atoms with Crippen molar-refractivity contribution in [1.29, 1.82) is 0 Å². The smallest absolute Gasteiger partial charge is 0.335 e. The molecule has 2 amide bonds. The van der Waals surface area contributed by atoms with Crippen LogP contribution in [0.5, 0.6) is 11.5 Å². The van der Waals surface area contributed by atoms with Crippen molar-refractivity contribution < 1.29 is 29.7 Å². The number of benzene rings is 3. The number of phenolic OH excluding ortho intramolecular Hbond substituents is 2. The van der Waals surface area contributed by atoms with Crippen molar-refractivity contribution in [3.63, 3.8) is 0 Å². The fraction of sp³-hybridized carbons (Fsp3) is 0.0417. The first-order valence-corrected chi connectivity index (χ1v) is 10.3. The monoisotopic (exact) mass is 479 g/mol. The zero-order chi connectivity index (χ0) is 24.7. The molecule has 3 aromatic rings. The highest BCUT2D eigenvalue weighted by Gasteiger charge is 2.37. The standard InChI is InChI=1S/C24H18ClN3O6/c1-12(28(26)22(31)13-5-8-19(29)20(30)10-13)21-17-7-6-15(25)11-18(17)27(23(21)32)16-4-2-3-14(9-16)24(33)34/h2-11,29-30H,26H2,1H3,(H,33,34)/b21-12+. The second-order valence-electron chi connectivity index (χ2n) is 7.50. The lowest BCUT2D eigenvalue weighted by Crippen LogP contribution is -2.37. The fourth-order valence-corrected chi connectivity index (χ4v) is 3.86. The van der Waals surface area contributed by atoms with Gasteiger partial charge in [0.25, 0.3) is 11.8 Å². The van der Waals surface area contributed by atoms with Gasteiger partial charge in [-0.2, -0.15) is 0 Å². The van der Waals surface area contributed by atoms with E-state index in [1.54, 1.807) is 24.3 Å². The number of anilines is 2. The molecule has 1 aliphatic heterocycles. The van der Waals surface area contributed by atoms with E-state index in [0.717, 1.165) is 17.1 Å². The Balaban J connectivity index is 1.82. The van der Waals surface area contributed by atoms with Gasteiger partial charge in [0.2, 0.25) is 0 Å². The van der Waals surface area contributed by atoms with E-state index in [4.69, 9.17) is 17.4 Å². The molecule has 3 aromatic carbocycles. The van der Waals surface area contributed by atoms with Crippen LogP contribution in [0.1, 0.15) is 33.2 Å². The highest BCUT2D eigenvalue weighted by atomic mass is 35.5. The number of carbonyl (C=O) groups excluding carboxylic acids is 2. The largest absolute Gasteiger partial charge is 0.504 e. The lowest BCUT2D eigenvalue weighted by atomic mass is 10.0. The molecule has 0 aliphatic carbocycles. The molecule has 0 unspecified atom stereocenters. The van der Waals surface area contributed by atoms with E-state index in [-0.39, 0.29) is 22.4 Å². The van der Waals surface area contributed by atoms with Crippen LogP contribution in [-0.2, 0) is 4.79 Å². The summed E-state index contributed by atoms with van der Waals surface area (Å²) >= 11 is 6.17. The first-order valence-electron chi connectivity index (χ1n) is 9.90. The van der Waals surface area contributed by atoms with Crippen LogP contribution in [0.4, 0.5) is 11.4 Å². The minimum Gasteiger partial charge on any atom is -0.504 e. The number of aromatic hydroxyl groups is 2. The molecule has 0 bridgehead atoms. The van der Waals surface area contributed by atoms with Gasteiger partial charge < -0.3 is 15.3 Å². The summed E-state index contributed by atoms with van der Waals surface area (Å²) in [6.45, 7) is 1.49. The van der Waals surface area contributed by atoms with Crippen LogP contribution in [0.15, 0.2) is 66.4 Å². The van der Waals surface area contributed by atoms with Crippen LogP contribution >= 0.6 is 11.6 Å². The normalized spacial score (nSPS) is 14.1. The Kier molecular flexibility index (Phi) is 5.74. The predicted molar refractivity (Wildman–Crippen MR) is 125 cm³/mol. The number of aromatic carboxylic acids is 1. The minimum atomic E-state index is -1.15. The van der Waals surface area contributed by atoms with Crippen LogP contribution in [0.3, 0.4) is 0 Å². The second-order valence-corrected chi connectivity index (χ2v) is 7.93. The average Bonchev–Trinajstić information content (AvgIpc) is 3.10. The van der Waals surface area contributed by atoms with E-state index < -0.39 is 29.3 Å². The SMILES string of the molecule is C/C(=C1\C(=O)N(c2cccc(C(=O)O)c2)c2cc(Cl)ccc21)N(N)C(=O)c1ccc(O)c(O)c1. The predicted octanol–water partition coefficient (Wildman–Crippen LogP) is 3.87.